The van der Waals surface area contributed by atoms with Crippen molar-refractivity contribution >= 4 is 5.96 Å². The minimum Gasteiger partial charge on any atom is -0.356 e. The molecule has 1 unspecified atom stereocenters. The van der Waals surface area contributed by atoms with E-state index in [0.29, 0.717) is 6.54 Å². The Morgan fingerprint density at radius 1 is 1.36 bits per heavy atom. The van der Waals surface area contributed by atoms with Crippen LogP contribution in [0.15, 0.2) is 29.3 Å². The standard InChI is InChI=1S/C20H33FN4/c1-17-9-4-6-13-25(17)14-7-5-12-23-20(22-2)24(3)16-18-10-8-11-19(21)15-18/h8,10-11,15,17H,4-7,9,12-14,16H2,1-3H3,(H,22,23). The number of benzene rings is 1. The number of nitrogens with one attached hydrogen (secondary N) is 1. The van der Waals surface area contributed by atoms with Gasteiger partial charge in [0.15, 0.2) is 5.96 Å². The fourth-order valence-corrected chi connectivity index (χ4v) is 3.50. The summed E-state index contributed by atoms with van der Waals surface area (Å²) in [6.07, 6.45) is 6.42. The van der Waals surface area contributed by atoms with Crippen LogP contribution in [0.4, 0.5) is 4.39 Å². The van der Waals surface area contributed by atoms with Gasteiger partial charge in [0.1, 0.15) is 5.82 Å². The maximum absolute atomic E-state index is 13.3. The highest BCUT2D eigenvalue weighted by molar-refractivity contribution is 5.79. The van der Waals surface area contributed by atoms with Crippen LogP contribution in [0.2, 0.25) is 0 Å². The summed E-state index contributed by atoms with van der Waals surface area (Å²) in [6, 6.07) is 7.47. The molecule has 0 radical (unpaired) electrons. The number of guanidine groups is 1. The molecule has 1 heterocycles. The molecule has 1 N–H and O–H groups in total. The van der Waals surface area contributed by atoms with Crippen molar-refractivity contribution in [2.75, 3.05) is 33.7 Å². The summed E-state index contributed by atoms with van der Waals surface area (Å²) in [5.74, 6) is 0.663. The molecular formula is C20H33FN4. The fourth-order valence-electron chi connectivity index (χ4n) is 3.50. The molecule has 0 amide bonds. The first-order valence-corrected chi connectivity index (χ1v) is 9.50. The fraction of sp³-hybridized carbons (Fsp3) is 0.650. The number of unbranched alkanes of at least 4 members (excludes halogenated alkanes) is 1. The highest BCUT2D eigenvalue weighted by Gasteiger charge is 2.17. The second-order valence-corrected chi connectivity index (χ2v) is 7.05. The quantitative estimate of drug-likeness (QED) is 0.465. The number of rotatable bonds is 7. The number of hydrogen-bond acceptors (Lipinski definition) is 2. The van der Waals surface area contributed by atoms with Crippen LogP contribution in [0.1, 0.15) is 44.6 Å². The first kappa shape index (κ1) is 19.7. The molecule has 140 valence electrons. The second kappa shape index (κ2) is 10.4. The van der Waals surface area contributed by atoms with E-state index in [-0.39, 0.29) is 5.82 Å². The van der Waals surface area contributed by atoms with Crippen LogP contribution in [0.5, 0.6) is 0 Å². The third-order valence-electron chi connectivity index (χ3n) is 4.98. The van der Waals surface area contributed by atoms with Crippen LogP contribution in [-0.4, -0.2) is 55.5 Å². The molecule has 1 atom stereocenters. The Bertz CT molecular complexity index is 546. The van der Waals surface area contributed by atoms with Gasteiger partial charge >= 0.3 is 0 Å². The molecule has 4 nitrogen and oxygen atoms in total. The maximum atomic E-state index is 13.3. The lowest BCUT2D eigenvalue weighted by atomic mass is 10.0. The molecule has 25 heavy (non-hydrogen) atoms. The molecule has 1 aliphatic rings. The van der Waals surface area contributed by atoms with Gasteiger partial charge in [-0.3, -0.25) is 4.99 Å². The zero-order chi connectivity index (χ0) is 18.1. The summed E-state index contributed by atoms with van der Waals surface area (Å²) in [6.45, 7) is 6.36. The Hall–Kier alpha value is -1.62. The van der Waals surface area contributed by atoms with Gasteiger partial charge in [-0.2, -0.15) is 0 Å². The second-order valence-electron chi connectivity index (χ2n) is 7.05. The van der Waals surface area contributed by atoms with Gasteiger partial charge in [-0.15, -0.1) is 0 Å². The summed E-state index contributed by atoms with van der Waals surface area (Å²) >= 11 is 0. The van der Waals surface area contributed by atoms with E-state index in [2.05, 4.69) is 22.1 Å². The highest BCUT2D eigenvalue weighted by Crippen LogP contribution is 2.16. The van der Waals surface area contributed by atoms with Gasteiger partial charge < -0.3 is 15.1 Å². The third kappa shape index (κ3) is 6.65. The predicted molar refractivity (Wildman–Crippen MR) is 103 cm³/mol. The molecular weight excluding hydrogens is 315 g/mol. The van der Waals surface area contributed by atoms with Gasteiger partial charge in [0, 0.05) is 33.2 Å². The minimum absolute atomic E-state index is 0.194. The van der Waals surface area contributed by atoms with E-state index in [9.17, 15) is 4.39 Å². The van der Waals surface area contributed by atoms with Crippen molar-refractivity contribution in [3.8, 4) is 0 Å². The van der Waals surface area contributed by atoms with Gasteiger partial charge in [-0.1, -0.05) is 18.6 Å². The van der Waals surface area contributed by atoms with Crippen molar-refractivity contribution in [2.24, 2.45) is 4.99 Å². The topological polar surface area (TPSA) is 30.9 Å². The predicted octanol–water partition coefficient (Wildman–Crippen LogP) is 3.49. The monoisotopic (exact) mass is 348 g/mol. The van der Waals surface area contributed by atoms with Gasteiger partial charge in [-0.25, -0.2) is 4.39 Å². The minimum atomic E-state index is -0.194. The van der Waals surface area contributed by atoms with Crippen LogP contribution in [0.3, 0.4) is 0 Å². The Morgan fingerprint density at radius 2 is 2.20 bits per heavy atom. The molecule has 1 saturated heterocycles. The zero-order valence-corrected chi connectivity index (χ0v) is 16.0. The van der Waals surface area contributed by atoms with Gasteiger partial charge in [0.05, 0.1) is 0 Å². The summed E-state index contributed by atoms with van der Waals surface area (Å²) in [7, 11) is 3.77. The van der Waals surface area contributed by atoms with Gasteiger partial charge in [0.25, 0.3) is 0 Å². The Kier molecular flexibility index (Phi) is 8.19. The van der Waals surface area contributed by atoms with Crippen molar-refractivity contribution in [2.45, 2.75) is 51.6 Å². The first-order valence-electron chi connectivity index (χ1n) is 9.50. The summed E-state index contributed by atoms with van der Waals surface area (Å²) < 4.78 is 13.3. The van der Waals surface area contributed by atoms with E-state index in [1.165, 1.54) is 44.8 Å². The van der Waals surface area contributed by atoms with Crippen LogP contribution in [0.25, 0.3) is 0 Å². The highest BCUT2D eigenvalue weighted by atomic mass is 19.1. The molecule has 0 saturated carbocycles. The average molecular weight is 349 g/mol. The normalized spacial score (nSPS) is 19.0. The number of nitrogens with zero attached hydrogens (tertiary/aromatic N) is 3. The van der Waals surface area contributed by atoms with Crippen LogP contribution >= 0.6 is 0 Å². The van der Waals surface area contributed by atoms with E-state index in [0.717, 1.165) is 30.5 Å². The molecule has 0 aliphatic carbocycles. The molecule has 5 heteroatoms. The SMILES string of the molecule is CN=C(NCCCCN1CCCCC1C)N(C)Cc1cccc(F)c1. The molecule has 0 aromatic heterocycles. The largest absolute Gasteiger partial charge is 0.356 e. The molecule has 1 aliphatic heterocycles. The van der Waals surface area contributed by atoms with Gasteiger partial charge in [-0.05, 0) is 63.4 Å². The van der Waals surface area contributed by atoms with E-state index in [1.807, 2.05) is 18.0 Å². The lowest BCUT2D eigenvalue weighted by Gasteiger charge is -2.33. The number of aliphatic imine (C=N–C) groups is 1. The number of piperidine rings is 1. The van der Waals surface area contributed by atoms with E-state index in [1.54, 1.807) is 19.2 Å². The molecule has 1 aromatic rings. The van der Waals surface area contributed by atoms with Crippen LogP contribution < -0.4 is 5.32 Å². The van der Waals surface area contributed by atoms with E-state index < -0.39 is 0 Å². The zero-order valence-electron chi connectivity index (χ0n) is 16.0. The number of hydrogen-bond donors (Lipinski definition) is 1. The molecule has 0 bridgehead atoms. The summed E-state index contributed by atoms with van der Waals surface area (Å²) in [5, 5.41) is 3.42. The Morgan fingerprint density at radius 3 is 2.92 bits per heavy atom. The molecule has 1 aromatic carbocycles. The smallest absolute Gasteiger partial charge is 0.193 e. The van der Waals surface area contributed by atoms with Crippen molar-refractivity contribution in [3.63, 3.8) is 0 Å². The Balaban J connectivity index is 1.67. The summed E-state index contributed by atoms with van der Waals surface area (Å²) in [5.41, 5.74) is 0.949. The lowest BCUT2D eigenvalue weighted by Crippen LogP contribution is -2.40. The Labute approximate surface area is 152 Å². The van der Waals surface area contributed by atoms with Crippen molar-refractivity contribution in [3.05, 3.63) is 35.6 Å². The van der Waals surface area contributed by atoms with Gasteiger partial charge in [0.2, 0.25) is 0 Å². The lowest BCUT2D eigenvalue weighted by molar-refractivity contribution is 0.158. The van der Waals surface area contributed by atoms with Crippen LogP contribution in [-0.2, 0) is 6.54 Å². The molecule has 2 rings (SSSR count). The third-order valence-corrected chi connectivity index (χ3v) is 4.98. The van der Waals surface area contributed by atoms with Crippen molar-refractivity contribution in [1.29, 1.82) is 0 Å². The van der Waals surface area contributed by atoms with Crippen molar-refractivity contribution in [1.82, 2.24) is 15.1 Å². The first-order chi connectivity index (χ1) is 12.1. The van der Waals surface area contributed by atoms with E-state index >= 15 is 0 Å². The van der Waals surface area contributed by atoms with Crippen LogP contribution in [0, 0.1) is 5.82 Å². The number of halogens is 1. The molecule has 0 spiro atoms. The molecule has 1 fully saturated rings. The number of likely N-dealkylation sites (tertiary alicyclic amines) is 1. The average Bonchev–Trinajstić information content (AvgIpc) is 2.59. The summed E-state index contributed by atoms with van der Waals surface area (Å²) in [4.78, 5) is 8.98. The van der Waals surface area contributed by atoms with Crippen molar-refractivity contribution < 1.29 is 4.39 Å². The maximum Gasteiger partial charge on any atom is 0.193 e. The van der Waals surface area contributed by atoms with E-state index in [4.69, 9.17) is 0 Å².